The van der Waals surface area contributed by atoms with Crippen LogP contribution in [0.15, 0.2) is 29.2 Å². The smallest absolute Gasteiger partial charge is 0.251 e. The van der Waals surface area contributed by atoms with E-state index in [0.29, 0.717) is 18.0 Å². The molecule has 1 aliphatic heterocycles. The van der Waals surface area contributed by atoms with Crippen LogP contribution in [-0.2, 0) is 14.8 Å². The number of carbonyl (C=O) groups excluding carboxylic acids is 1. The van der Waals surface area contributed by atoms with Gasteiger partial charge in [0.2, 0.25) is 10.0 Å². The van der Waals surface area contributed by atoms with Crippen LogP contribution in [0.1, 0.15) is 23.2 Å². The van der Waals surface area contributed by atoms with Crippen molar-refractivity contribution in [2.45, 2.75) is 17.7 Å². The van der Waals surface area contributed by atoms with Gasteiger partial charge < -0.3 is 15.4 Å². The van der Waals surface area contributed by atoms with Gasteiger partial charge in [0, 0.05) is 25.8 Å². The van der Waals surface area contributed by atoms with E-state index in [-0.39, 0.29) is 24.0 Å². The van der Waals surface area contributed by atoms with Crippen molar-refractivity contribution < 1.29 is 17.9 Å². The number of benzene rings is 1. The summed E-state index contributed by atoms with van der Waals surface area (Å²) in [6.07, 6.45) is 2.20. The average Bonchev–Trinajstić information content (AvgIpc) is 2.61. The summed E-state index contributed by atoms with van der Waals surface area (Å²) in [4.78, 5) is 12.3. The highest BCUT2D eigenvalue weighted by Crippen LogP contribution is 2.12. The molecule has 134 valence electrons. The van der Waals surface area contributed by atoms with Crippen molar-refractivity contribution in [1.82, 2.24) is 15.4 Å². The SMILES string of the molecule is COCCNS(=O)(=O)c1cccc(C(=O)NCC2CCCNC2)c1. The summed E-state index contributed by atoms with van der Waals surface area (Å²) in [6, 6.07) is 6.05. The second-order valence-electron chi connectivity index (χ2n) is 5.84. The summed E-state index contributed by atoms with van der Waals surface area (Å²) in [7, 11) is -2.14. The molecule has 1 saturated heterocycles. The summed E-state index contributed by atoms with van der Waals surface area (Å²) in [5.41, 5.74) is 0.341. The Labute approximate surface area is 143 Å². The van der Waals surface area contributed by atoms with Crippen molar-refractivity contribution in [1.29, 1.82) is 0 Å². The molecule has 1 heterocycles. The Morgan fingerprint density at radius 2 is 2.25 bits per heavy atom. The first kappa shape index (κ1) is 18.9. The molecule has 24 heavy (non-hydrogen) atoms. The highest BCUT2D eigenvalue weighted by molar-refractivity contribution is 7.89. The van der Waals surface area contributed by atoms with Crippen LogP contribution in [0.5, 0.6) is 0 Å². The lowest BCUT2D eigenvalue weighted by molar-refractivity contribution is 0.0944. The molecule has 1 aliphatic rings. The summed E-state index contributed by atoms with van der Waals surface area (Å²) in [6.45, 7) is 2.99. The minimum atomic E-state index is -3.64. The van der Waals surface area contributed by atoms with Crippen LogP contribution in [0, 0.1) is 5.92 Å². The van der Waals surface area contributed by atoms with Gasteiger partial charge in [0.25, 0.3) is 5.91 Å². The third-order valence-electron chi connectivity index (χ3n) is 3.96. The topological polar surface area (TPSA) is 96.5 Å². The Balaban J connectivity index is 1.96. The Morgan fingerprint density at radius 3 is 2.96 bits per heavy atom. The largest absolute Gasteiger partial charge is 0.383 e. The average molecular weight is 355 g/mol. The number of ether oxygens (including phenoxy) is 1. The lowest BCUT2D eigenvalue weighted by Crippen LogP contribution is -2.38. The van der Waals surface area contributed by atoms with Crippen LogP contribution in [-0.4, -0.2) is 54.2 Å². The molecular formula is C16H25N3O4S. The van der Waals surface area contributed by atoms with Crippen molar-refractivity contribution in [3.63, 3.8) is 0 Å². The van der Waals surface area contributed by atoms with E-state index in [1.54, 1.807) is 12.1 Å². The second kappa shape index (κ2) is 9.12. The molecule has 3 N–H and O–H groups in total. The molecule has 0 bridgehead atoms. The molecule has 0 aromatic heterocycles. The fourth-order valence-corrected chi connectivity index (χ4v) is 3.66. The minimum Gasteiger partial charge on any atom is -0.383 e. The molecular weight excluding hydrogens is 330 g/mol. The number of hydrogen-bond donors (Lipinski definition) is 3. The monoisotopic (exact) mass is 355 g/mol. The van der Waals surface area contributed by atoms with Crippen molar-refractivity contribution >= 4 is 15.9 Å². The molecule has 1 atom stereocenters. The zero-order chi connectivity index (χ0) is 17.4. The van der Waals surface area contributed by atoms with Crippen molar-refractivity contribution in [2.24, 2.45) is 5.92 Å². The van der Waals surface area contributed by atoms with E-state index in [4.69, 9.17) is 4.74 Å². The molecule has 0 radical (unpaired) electrons. The normalized spacial score (nSPS) is 18.3. The molecule has 0 aliphatic carbocycles. The number of rotatable bonds is 8. The Bertz CT molecular complexity index is 642. The first-order valence-corrected chi connectivity index (χ1v) is 9.59. The van der Waals surface area contributed by atoms with Crippen molar-refractivity contribution in [2.75, 3.05) is 39.9 Å². The standard InChI is InChI=1S/C16H25N3O4S/c1-23-9-8-19-24(21,22)15-6-2-5-14(10-15)16(20)18-12-13-4-3-7-17-11-13/h2,5-6,10,13,17,19H,3-4,7-9,11-12H2,1H3,(H,18,20). The third-order valence-corrected chi connectivity index (χ3v) is 5.41. The first-order chi connectivity index (χ1) is 11.5. The zero-order valence-corrected chi connectivity index (χ0v) is 14.7. The van der Waals surface area contributed by atoms with Gasteiger partial charge in [-0.25, -0.2) is 13.1 Å². The second-order valence-corrected chi connectivity index (χ2v) is 7.61. The van der Waals surface area contributed by atoms with Gasteiger partial charge in [0.05, 0.1) is 11.5 Å². The summed E-state index contributed by atoms with van der Waals surface area (Å²) in [5, 5.41) is 6.19. The highest BCUT2D eigenvalue weighted by atomic mass is 32.2. The van der Waals surface area contributed by atoms with E-state index in [9.17, 15) is 13.2 Å². The fourth-order valence-electron chi connectivity index (χ4n) is 2.60. The third kappa shape index (κ3) is 5.55. The van der Waals surface area contributed by atoms with E-state index in [2.05, 4.69) is 15.4 Å². The van der Waals surface area contributed by atoms with Gasteiger partial charge in [-0.2, -0.15) is 0 Å². The molecule has 1 aromatic rings. The van der Waals surface area contributed by atoms with Crippen LogP contribution in [0.3, 0.4) is 0 Å². The van der Waals surface area contributed by atoms with E-state index >= 15 is 0 Å². The first-order valence-electron chi connectivity index (χ1n) is 8.10. The predicted molar refractivity (Wildman–Crippen MR) is 91.4 cm³/mol. The van der Waals surface area contributed by atoms with Crippen LogP contribution < -0.4 is 15.4 Å². The number of carbonyl (C=O) groups is 1. The number of piperidine rings is 1. The molecule has 8 heteroatoms. The number of amides is 1. The van der Waals surface area contributed by atoms with Gasteiger partial charge in [0.1, 0.15) is 0 Å². The lowest BCUT2D eigenvalue weighted by atomic mass is 10.00. The van der Waals surface area contributed by atoms with E-state index in [0.717, 1.165) is 25.9 Å². The molecule has 1 fully saturated rings. The predicted octanol–water partition coefficient (Wildman–Crippen LogP) is 0.341. The number of hydrogen-bond acceptors (Lipinski definition) is 5. The Kier molecular flexibility index (Phi) is 7.16. The summed E-state index contributed by atoms with van der Waals surface area (Å²) < 4.78 is 31.6. The minimum absolute atomic E-state index is 0.0746. The van der Waals surface area contributed by atoms with E-state index in [1.807, 2.05) is 0 Å². The van der Waals surface area contributed by atoms with Gasteiger partial charge in [-0.05, 0) is 50.0 Å². The highest BCUT2D eigenvalue weighted by Gasteiger charge is 2.17. The van der Waals surface area contributed by atoms with Gasteiger partial charge in [-0.1, -0.05) is 6.07 Å². The van der Waals surface area contributed by atoms with Crippen LogP contribution in [0.4, 0.5) is 0 Å². The molecule has 1 amide bonds. The van der Waals surface area contributed by atoms with Crippen molar-refractivity contribution in [3.05, 3.63) is 29.8 Å². The molecule has 2 rings (SSSR count). The Hall–Kier alpha value is -1.48. The van der Waals surface area contributed by atoms with Gasteiger partial charge in [-0.3, -0.25) is 4.79 Å². The number of nitrogens with one attached hydrogen (secondary N) is 3. The maximum Gasteiger partial charge on any atom is 0.251 e. The van der Waals surface area contributed by atoms with Crippen LogP contribution in [0.25, 0.3) is 0 Å². The quantitative estimate of drug-likeness (QED) is 0.585. The lowest BCUT2D eigenvalue weighted by Gasteiger charge is -2.22. The molecule has 0 spiro atoms. The van der Waals surface area contributed by atoms with E-state index < -0.39 is 10.0 Å². The maximum atomic E-state index is 12.3. The number of sulfonamides is 1. The molecule has 0 saturated carbocycles. The molecule has 1 unspecified atom stereocenters. The van der Waals surface area contributed by atoms with Gasteiger partial charge in [-0.15, -0.1) is 0 Å². The van der Waals surface area contributed by atoms with Gasteiger partial charge >= 0.3 is 0 Å². The van der Waals surface area contributed by atoms with Crippen LogP contribution >= 0.6 is 0 Å². The van der Waals surface area contributed by atoms with E-state index in [1.165, 1.54) is 19.2 Å². The maximum absolute atomic E-state index is 12.3. The Morgan fingerprint density at radius 1 is 1.42 bits per heavy atom. The molecule has 7 nitrogen and oxygen atoms in total. The van der Waals surface area contributed by atoms with Gasteiger partial charge in [0.15, 0.2) is 0 Å². The van der Waals surface area contributed by atoms with Crippen LogP contribution in [0.2, 0.25) is 0 Å². The van der Waals surface area contributed by atoms with Crippen molar-refractivity contribution in [3.8, 4) is 0 Å². The fraction of sp³-hybridized carbons (Fsp3) is 0.562. The summed E-state index contributed by atoms with van der Waals surface area (Å²) in [5.74, 6) is 0.167. The zero-order valence-electron chi connectivity index (χ0n) is 13.9. The molecule has 1 aromatic carbocycles. The summed E-state index contributed by atoms with van der Waals surface area (Å²) >= 11 is 0. The number of methoxy groups -OCH3 is 1.